The van der Waals surface area contributed by atoms with Crippen molar-refractivity contribution < 1.29 is 9.59 Å². The quantitative estimate of drug-likeness (QED) is 0.848. The van der Waals surface area contributed by atoms with Gasteiger partial charge in [0.15, 0.2) is 0 Å². The van der Waals surface area contributed by atoms with Gasteiger partial charge in [0.1, 0.15) is 12.1 Å². The highest BCUT2D eigenvalue weighted by molar-refractivity contribution is 5.98. The molecule has 2 fully saturated rings. The maximum Gasteiger partial charge on any atom is 0.250 e. The van der Waals surface area contributed by atoms with Crippen LogP contribution in [0.1, 0.15) is 18.0 Å². The molecule has 0 saturated carbocycles. The van der Waals surface area contributed by atoms with Gasteiger partial charge in [0, 0.05) is 12.6 Å². The van der Waals surface area contributed by atoms with Crippen molar-refractivity contribution in [2.45, 2.75) is 24.5 Å². The number of benzene rings is 1. The average Bonchev–Trinajstić information content (AvgIpc) is 2.90. The number of hydrogen-bond donors (Lipinski definition) is 1. The molecule has 0 radical (unpaired) electrons. The average molecular weight is 273 g/mol. The van der Waals surface area contributed by atoms with Gasteiger partial charge in [-0.15, -0.1) is 0 Å². The molecule has 3 rings (SSSR count). The molecule has 2 heterocycles. The highest BCUT2D eigenvalue weighted by Gasteiger charge is 2.47. The molecular weight excluding hydrogens is 254 g/mol. The lowest BCUT2D eigenvalue weighted by molar-refractivity contribution is -0.147. The molecule has 20 heavy (non-hydrogen) atoms. The second-order valence-corrected chi connectivity index (χ2v) is 5.71. The minimum absolute atomic E-state index is 0.00477. The van der Waals surface area contributed by atoms with Crippen LogP contribution >= 0.6 is 0 Å². The summed E-state index contributed by atoms with van der Waals surface area (Å²) in [5.74, 6) is -0.0343. The van der Waals surface area contributed by atoms with Crippen molar-refractivity contribution in [3.8, 4) is 0 Å². The van der Waals surface area contributed by atoms with E-state index in [2.05, 4.69) is 10.2 Å². The molecule has 0 unspecified atom stereocenters. The number of nitrogens with zero attached hydrogens (tertiary/aromatic N) is 2. The van der Waals surface area contributed by atoms with Crippen LogP contribution in [0, 0.1) is 0 Å². The van der Waals surface area contributed by atoms with E-state index in [-0.39, 0.29) is 23.9 Å². The Labute approximate surface area is 118 Å². The van der Waals surface area contributed by atoms with Crippen LogP contribution in [-0.4, -0.2) is 54.3 Å². The van der Waals surface area contributed by atoms with Crippen LogP contribution < -0.4 is 5.32 Å². The number of fused-ring (bicyclic) bond motifs is 1. The fourth-order valence-electron chi connectivity index (χ4n) is 3.02. The molecule has 0 aromatic heterocycles. The summed E-state index contributed by atoms with van der Waals surface area (Å²) in [7, 11) is 3.97. The molecule has 5 heteroatoms. The molecular formula is C15H19N3O2. The van der Waals surface area contributed by atoms with E-state index in [1.807, 2.05) is 44.4 Å². The Morgan fingerprint density at radius 1 is 1.20 bits per heavy atom. The fourth-order valence-corrected chi connectivity index (χ4v) is 3.02. The third kappa shape index (κ3) is 2.08. The molecule has 2 aliphatic rings. The number of nitrogens with one attached hydrogen (secondary N) is 1. The second-order valence-electron chi connectivity index (χ2n) is 5.71. The molecule has 1 aromatic carbocycles. The van der Waals surface area contributed by atoms with Gasteiger partial charge in [-0.25, -0.2) is 0 Å². The van der Waals surface area contributed by atoms with Crippen molar-refractivity contribution in [1.82, 2.24) is 15.1 Å². The minimum atomic E-state index is -0.541. The van der Waals surface area contributed by atoms with E-state index in [1.165, 1.54) is 0 Å². The molecule has 1 aromatic rings. The lowest BCUT2D eigenvalue weighted by Crippen LogP contribution is -2.57. The van der Waals surface area contributed by atoms with Gasteiger partial charge in [-0.3, -0.25) is 9.59 Å². The molecule has 1 N–H and O–H groups in total. The van der Waals surface area contributed by atoms with Crippen LogP contribution in [0.25, 0.3) is 0 Å². The highest BCUT2D eigenvalue weighted by atomic mass is 16.2. The SMILES string of the molecule is CN(C)[C@@H]1C[C@H]2C(=O)N[C@@H](c3ccccc3)C(=O)N2C1. The van der Waals surface area contributed by atoms with Crippen LogP contribution in [0.2, 0.25) is 0 Å². The monoisotopic (exact) mass is 273 g/mol. The zero-order chi connectivity index (χ0) is 14.3. The summed E-state index contributed by atoms with van der Waals surface area (Å²) in [6, 6.07) is 8.82. The third-order valence-corrected chi connectivity index (χ3v) is 4.26. The lowest BCUT2D eigenvalue weighted by Gasteiger charge is -2.34. The minimum Gasteiger partial charge on any atom is -0.339 e. The molecule has 2 saturated heterocycles. The van der Waals surface area contributed by atoms with E-state index in [0.29, 0.717) is 13.0 Å². The Hall–Kier alpha value is -1.88. The van der Waals surface area contributed by atoms with Gasteiger partial charge in [-0.05, 0) is 26.1 Å². The Kier molecular flexibility index (Phi) is 3.22. The molecule has 0 bridgehead atoms. The standard InChI is InChI=1S/C15H19N3O2/c1-17(2)11-8-12-14(19)16-13(15(20)18(12)9-11)10-6-4-3-5-7-10/h3-7,11-13H,8-9H2,1-2H3,(H,16,19)/t11-,12+,13+/m1/s1. The van der Waals surface area contributed by atoms with E-state index >= 15 is 0 Å². The predicted molar refractivity (Wildman–Crippen MR) is 74.9 cm³/mol. The lowest BCUT2D eigenvalue weighted by atomic mass is 10.0. The Bertz CT molecular complexity index is 529. The molecule has 0 aliphatic carbocycles. The van der Waals surface area contributed by atoms with Gasteiger partial charge in [0.05, 0.1) is 0 Å². The van der Waals surface area contributed by atoms with Gasteiger partial charge in [-0.2, -0.15) is 0 Å². The third-order valence-electron chi connectivity index (χ3n) is 4.26. The number of carbonyl (C=O) groups is 2. The van der Waals surface area contributed by atoms with Gasteiger partial charge in [0.25, 0.3) is 5.91 Å². The molecule has 2 amide bonds. The zero-order valence-electron chi connectivity index (χ0n) is 11.7. The molecule has 106 valence electrons. The number of amides is 2. The summed E-state index contributed by atoms with van der Waals surface area (Å²) >= 11 is 0. The first kappa shape index (κ1) is 13.1. The molecule has 3 atom stereocenters. The zero-order valence-corrected chi connectivity index (χ0v) is 11.7. The van der Waals surface area contributed by atoms with Crippen molar-refractivity contribution in [3.05, 3.63) is 35.9 Å². The summed E-state index contributed by atoms with van der Waals surface area (Å²) in [5.41, 5.74) is 0.845. The maximum atomic E-state index is 12.6. The molecule has 2 aliphatic heterocycles. The Balaban J connectivity index is 1.86. The van der Waals surface area contributed by atoms with E-state index in [9.17, 15) is 9.59 Å². The highest BCUT2D eigenvalue weighted by Crippen LogP contribution is 2.29. The van der Waals surface area contributed by atoms with Gasteiger partial charge < -0.3 is 15.1 Å². The smallest absolute Gasteiger partial charge is 0.250 e. The van der Waals surface area contributed by atoms with E-state index in [4.69, 9.17) is 0 Å². The summed E-state index contributed by atoms with van der Waals surface area (Å²) < 4.78 is 0. The molecule has 5 nitrogen and oxygen atoms in total. The van der Waals surface area contributed by atoms with Crippen LogP contribution in [0.3, 0.4) is 0 Å². The van der Waals surface area contributed by atoms with Gasteiger partial charge in [0.2, 0.25) is 5.91 Å². The summed E-state index contributed by atoms with van der Waals surface area (Å²) in [5, 5.41) is 2.86. The first-order valence-electron chi connectivity index (χ1n) is 6.90. The molecule has 0 spiro atoms. The maximum absolute atomic E-state index is 12.6. The van der Waals surface area contributed by atoms with Crippen molar-refractivity contribution in [1.29, 1.82) is 0 Å². The second kappa shape index (κ2) is 4.90. The Morgan fingerprint density at radius 2 is 1.90 bits per heavy atom. The Morgan fingerprint density at radius 3 is 2.55 bits per heavy atom. The summed E-state index contributed by atoms with van der Waals surface area (Å²) in [6.07, 6.45) is 0.714. The number of piperazine rings is 1. The normalized spacial score (nSPS) is 29.6. The van der Waals surface area contributed by atoms with Crippen LogP contribution in [0.15, 0.2) is 30.3 Å². The number of likely N-dealkylation sites (N-methyl/N-ethyl adjacent to an activating group) is 1. The van der Waals surface area contributed by atoms with E-state index in [1.54, 1.807) is 4.90 Å². The predicted octanol–water partition coefficient (Wildman–Crippen LogP) is 0.389. The largest absolute Gasteiger partial charge is 0.339 e. The first-order chi connectivity index (χ1) is 9.58. The van der Waals surface area contributed by atoms with Crippen LogP contribution in [0.5, 0.6) is 0 Å². The van der Waals surface area contributed by atoms with E-state index < -0.39 is 6.04 Å². The van der Waals surface area contributed by atoms with Crippen molar-refractivity contribution in [2.24, 2.45) is 0 Å². The summed E-state index contributed by atoms with van der Waals surface area (Å²) in [6.45, 7) is 0.632. The number of rotatable bonds is 2. The van der Waals surface area contributed by atoms with Crippen molar-refractivity contribution in [2.75, 3.05) is 20.6 Å². The van der Waals surface area contributed by atoms with Crippen molar-refractivity contribution >= 4 is 11.8 Å². The van der Waals surface area contributed by atoms with Crippen LogP contribution in [-0.2, 0) is 9.59 Å². The van der Waals surface area contributed by atoms with Crippen LogP contribution in [0.4, 0.5) is 0 Å². The topological polar surface area (TPSA) is 52.7 Å². The van der Waals surface area contributed by atoms with Gasteiger partial charge >= 0.3 is 0 Å². The number of hydrogen-bond acceptors (Lipinski definition) is 3. The summed E-state index contributed by atoms with van der Waals surface area (Å²) in [4.78, 5) is 28.7. The van der Waals surface area contributed by atoms with E-state index in [0.717, 1.165) is 5.56 Å². The van der Waals surface area contributed by atoms with Crippen molar-refractivity contribution in [3.63, 3.8) is 0 Å². The number of carbonyl (C=O) groups excluding carboxylic acids is 2. The first-order valence-corrected chi connectivity index (χ1v) is 6.90. The fraction of sp³-hybridized carbons (Fsp3) is 0.467. The van der Waals surface area contributed by atoms with Gasteiger partial charge in [-0.1, -0.05) is 30.3 Å².